The number of alkyl halides is 3. The van der Waals surface area contributed by atoms with Crippen molar-refractivity contribution < 1.29 is 18.0 Å². The molecule has 0 unspecified atom stereocenters. The molecule has 3 heterocycles. The van der Waals surface area contributed by atoms with Crippen LogP contribution in [0.2, 0.25) is 0 Å². The fourth-order valence-corrected chi connectivity index (χ4v) is 2.94. The van der Waals surface area contributed by atoms with Gasteiger partial charge in [-0.05, 0) is 36.5 Å². The van der Waals surface area contributed by atoms with Gasteiger partial charge in [-0.15, -0.1) is 5.10 Å². The highest BCUT2D eigenvalue weighted by molar-refractivity contribution is 7.07. The van der Waals surface area contributed by atoms with Gasteiger partial charge < -0.3 is 10.2 Å². The average molecular weight is 357 g/mol. The Morgan fingerprint density at radius 3 is 2.54 bits per heavy atom. The van der Waals surface area contributed by atoms with E-state index in [4.69, 9.17) is 0 Å². The van der Waals surface area contributed by atoms with E-state index in [1.807, 2.05) is 4.90 Å². The number of nitrogens with zero attached hydrogens (tertiary/aromatic N) is 4. The monoisotopic (exact) mass is 357 g/mol. The maximum Gasteiger partial charge on any atom is 0.417 e. The molecule has 2 aromatic heterocycles. The summed E-state index contributed by atoms with van der Waals surface area (Å²) < 4.78 is 41.3. The summed E-state index contributed by atoms with van der Waals surface area (Å²) in [5, 5.41) is 6.54. The molecule has 0 aliphatic carbocycles. The standard InChI is InChI=1S/C14H14F3N5OS/c15-14(16,17)9-1-2-12(18-7-9)22-5-3-10(4-6-22)20-13(23)11-8-19-21-24-11/h1-2,7-8,10H,3-6H2,(H,20,23). The molecule has 1 N–H and O–H groups in total. The van der Waals surface area contributed by atoms with E-state index in [2.05, 4.69) is 19.9 Å². The van der Waals surface area contributed by atoms with E-state index >= 15 is 0 Å². The summed E-state index contributed by atoms with van der Waals surface area (Å²) >= 11 is 1.03. The van der Waals surface area contributed by atoms with Crippen LogP contribution in [0.25, 0.3) is 0 Å². The Hall–Kier alpha value is -2.23. The molecule has 0 aromatic carbocycles. The van der Waals surface area contributed by atoms with Crippen molar-refractivity contribution in [1.82, 2.24) is 19.9 Å². The molecule has 0 atom stereocenters. The predicted molar refractivity (Wildman–Crippen MR) is 81.8 cm³/mol. The summed E-state index contributed by atoms with van der Waals surface area (Å²) in [7, 11) is 0. The fourth-order valence-electron chi connectivity index (χ4n) is 2.52. The number of anilines is 1. The fraction of sp³-hybridized carbons (Fsp3) is 0.429. The summed E-state index contributed by atoms with van der Waals surface area (Å²) in [5.41, 5.74) is -0.758. The third-order valence-electron chi connectivity index (χ3n) is 3.81. The molecule has 24 heavy (non-hydrogen) atoms. The summed E-state index contributed by atoms with van der Waals surface area (Å²) in [6.07, 6.45) is -0.725. The van der Waals surface area contributed by atoms with Gasteiger partial charge in [0.15, 0.2) is 0 Å². The van der Waals surface area contributed by atoms with Crippen LogP contribution in [0.1, 0.15) is 28.1 Å². The van der Waals surface area contributed by atoms with Crippen molar-refractivity contribution >= 4 is 23.3 Å². The van der Waals surface area contributed by atoms with Gasteiger partial charge in [0.05, 0.1) is 11.8 Å². The van der Waals surface area contributed by atoms with Crippen LogP contribution >= 0.6 is 11.5 Å². The van der Waals surface area contributed by atoms with Crippen LogP contribution in [0.3, 0.4) is 0 Å². The Bertz CT molecular complexity index is 681. The zero-order valence-corrected chi connectivity index (χ0v) is 13.3. The number of nitrogens with one attached hydrogen (secondary N) is 1. The van der Waals surface area contributed by atoms with E-state index in [9.17, 15) is 18.0 Å². The molecule has 0 spiro atoms. The SMILES string of the molecule is O=C(NC1CCN(c2ccc(C(F)(F)F)cn2)CC1)c1cnns1. The van der Waals surface area contributed by atoms with Gasteiger partial charge in [0.1, 0.15) is 10.7 Å². The third kappa shape index (κ3) is 3.81. The second-order valence-electron chi connectivity index (χ2n) is 5.42. The summed E-state index contributed by atoms with van der Waals surface area (Å²) in [6, 6.07) is 2.43. The van der Waals surface area contributed by atoms with Gasteiger partial charge in [-0.2, -0.15) is 13.2 Å². The molecule has 0 radical (unpaired) electrons. The van der Waals surface area contributed by atoms with E-state index in [-0.39, 0.29) is 11.9 Å². The lowest BCUT2D eigenvalue weighted by Gasteiger charge is -2.33. The first-order chi connectivity index (χ1) is 11.4. The summed E-state index contributed by atoms with van der Waals surface area (Å²) in [6.45, 7) is 1.23. The van der Waals surface area contributed by atoms with Crippen molar-refractivity contribution in [3.63, 3.8) is 0 Å². The lowest BCUT2D eigenvalue weighted by atomic mass is 10.0. The first-order valence-corrected chi connectivity index (χ1v) is 8.07. The van der Waals surface area contributed by atoms with Gasteiger partial charge in [-0.3, -0.25) is 4.79 Å². The quantitative estimate of drug-likeness (QED) is 0.913. The molecule has 1 saturated heterocycles. The molecule has 128 valence electrons. The number of pyridine rings is 1. The first kappa shape index (κ1) is 16.6. The molecule has 3 rings (SSSR count). The van der Waals surface area contributed by atoms with Crippen molar-refractivity contribution in [1.29, 1.82) is 0 Å². The molecule has 0 saturated carbocycles. The molecular weight excluding hydrogens is 343 g/mol. The van der Waals surface area contributed by atoms with Crippen LogP contribution in [0.5, 0.6) is 0 Å². The smallest absolute Gasteiger partial charge is 0.356 e. The molecule has 0 bridgehead atoms. The number of carbonyl (C=O) groups excluding carboxylic acids is 1. The molecule has 1 aliphatic rings. The molecular formula is C14H14F3N5OS. The predicted octanol–water partition coefficient (Wildman–Crippen LogP) is 2.35. The van der Waals surface area contributed by atoms with Crippen LogP contribution in [0.15, 0.2) is 24.5 Å². The molecule has 1 amide bonds. The highest BCUT2D eigenvalue weighted by Crippen LogP contribution is 2.29. The molecule has 2 aromatic rings. The van der Waals surface area contributed by atoms with Crippen molar-refractivity contribution in [2.24, 2.45) is 0 Å². The first-order valence-electron chi connectivity index (χ1n) is 7.30. The molecule has 6 nitrogen and oxygen atoms in total. The van der Waals surface area contributed by atoms with Crippen molar-refractivity contribution in [3.05, 3.63) is 35.0 Å². The highest BCUT2D eigenvalue weighted by Gasteiger charge is 2.31. The largest absolute Gasteiger partial charge is 0.417 e. The lowest BCUT2D eigenvalue weighted by molar-refractivity contribution is -0.137. The van der Waals surface area contributed by atoms with Crippen LogP contribution in [-0.4, -0.2) is 39.6 Å². The number of amides is 1. The Balaban J connectivity index is 1.54. The van der Waals surface area contributed by atoms with E-state index < -0.39 is 11.7 Å². The van der Waals surface area contributed by atoms with E-state index in [1.54, 1.807) is 0 Å². The lowest BCUT2D eigenvalue weighted by Crippen LogP contribution is -2.44. The Morgan fingerprint density at radius 1 is 1.25 bits per heavy atom. The van der Waals surface area contributed by atoms with Gasteiger partial charge in [-0.1, -0.05) is 4.49 Å². The van der Waals surface area contributed by atoms with Crippen molar-refractivity contribution in [2.45, 2.75) is 25.1 Å². The second kappa shape index (κ2) is 6.71. The normalized spacial score (nSPS) is 16.2. The number of hydrogen-bond donors (Lipinski definition) is 1. The van der Waals surface area contributed by atoms with Gasteiger partial charge in [0, 0.05) is 25.3 Å². The number of aromatic nitrogens is 3. The maximum atomic E-state index is 12.5. The van der Waals surface area contributed by atoms with Gasteiger partial charge in [0.2, 0.25) is 0 Å². The van der Waals surface area contributed by atoms with Gasteiger partial charge in [0.25, 0.3) is 5.91 Å². The third-order valence-corrected chi connectivity index (χ3v) is 4.48. The summed E-state index contributed by atoms with van der Waals surface area (Å²) in [4.78, 5) is 18.2. The Kier molecular flexibility index (Phi) is 4.65. The number of hydrogen-bond acceptors (Lipinski definition) is 6. The van der Waals surface area contributed by atoms with Crippen molar-refractivity contribution in [3.8, 4) is 0 Å². The minimum Gasteiger partial charge on any atom is -0.356 e. The van der Waals surface area contributed by atoms with Gasteiger partial charge in [-0.25, -0.2) is 4.98 Å². The average Bonchev–Trinajstić information content (AvgIpc) is 3.09. The highest BCUT2D eigenvalue weighted by atomic mass is 32.1. The molecule has 1 fully saturated rings. The number of rotatable bonds is 3. The van der Waals surface area contributed by atoms with E-state index in [0.29, 0.717) is 36.6 Å². The summed E-state index contributed by atoms with van der Waals surface area (Å²) in [5.74, 6) is 0.315. The van der Waals surface area contributed by atoms with Gasteiger partial charge >= 0.3 is 6.18 Å². The topological polar surface area (TPSA) is 71.0 Å². The van der Waals surface area contributed by atoms with Crippen LogP contribution in [0.4, 0.5) is 19.0 Å². The van der Waals surface area contributed by atoms with Crippen LogP contribution in [-0.2, 0) is 6.18 Å². The minimum atomic E-state index is -4.38. The molecule has 1 aliphatic heterocycles. The maximum absolute atomic E-state index is 12.5. The van der Waals surface area contributed by atoms with Crippen LogP contribution < -0.4 is 10.2 Å². The number of carbonyl (C=O) groups is 1. The number of halogens is 3. The van der Waals surface area contributed by atoms with Crippen LogP contribution in [0, 0.1) is 0 Å². The zero-order valence-electron chi connectivity index (χ0n) is 12.5. The van der Waals surface area contributed by atoms with Crippen molar-refractivity contribution in [2.75, 3.05) is 18.0 Å². The minimum absolute atomic E-state index is 0.0188. The molecule has 10 heteroatoms. The number of piperidine rings is 1. The second-order valence-corrected chi connectivity index (χ2v) is 6.21. The van der Waals surface area contributed by atoms with E-state index in [1.165, 1.54) is 12.3 Å². The van der Waals surface area contributed by atoms with E-state index in [0.717, 1.165) is 23.8 Å². The Morgan fingerprint density at radius 2 is 2.00 bits per heavy atom. The zero-order chi connectivity index (χ0) is 17.2. The Labute approximate surface area is 139 Å².